The molecule has 0 radical (unpaired) electrons. The molecule has 0 saturated carbocycles. The number of benzene rings is 2. The molecule has 2 heterocycles. The van der Waals surface area contributed by atoms with Gasteiger partial charge in [0.25, 0.3) is 5.91 Å². The molecule has 1 atom stereocenters. The van der Waals surface area contributed by atoms with Crippen LogP contribution in [0.4, 0.5) is 4.39 Å². The summed E-state index contributed by atoms with van der Waals surface area (Å²) in [5, 5.41) is 13.0. The standard InChI is InChI=1S/C25H28BFN4O4/c1-14(2)21(30-24(33)22-23(32)29-19-6-4-3-5-18(19)28-22)25(34)31-11-9-16(10-12-31)35-20-8-7-15(27)13-17(20)26/h3-8,13-14,16,21H,9-12,26H2,1-2H3,(H,29,32)(H,30,33)/t21-/m0/s1. The molecule has 4 rings (SSSR count). The fraction of sp³-hybridized carbons (Fsp3) is 0.360. The highest BCUT2D eigenvalue weighted by Gasteiger charge is 2.33. The van der Waals surface area contributed by atoms with Crippen molar-refractivity contribution in [1.29, 1.82) is 0 Å². The quantitative estimate of drug-likeness (QED) is 0.522. The van der Waals surface area contributed by atoms with Crippen molar-refractivity contribution in [3.05, 3.63) is 54.0 Å². The lowest BCUT2D eigenvalue weighted by molar-refractivity contribution is -0.136. The maximum atomic E-state index is 13.3. The Morgan fingerprint density at radius 2 is 1.80 bits per heavy atom. The van der Waals surface area contributed by atoms with Crippen molar-refractivity contribution < 1.29 is 23.8 Å². The molecule has 2 aromatic carbocycles. The van der Waals surface area contributed by atoms with Crippen LogP contribution in [0, 0.1) is 11.7 Å². The van der Waals surface area contributed by atoms with Crippen molar-refractivity contribution >= 4 is 36.2 Å². The highest BCUT2D eigenvalue weighted by molar-refractivity contribution is 6.34. The van der Waals surface area contributed by atoms with Gasteiger partial charge in [0, 0.05) is 25.9 Å². The lowest BCUT2D eigenvalue weighted by Crippen LogP contribution is -2.53. The van der Waals surface area contributed by atoms with Gasteiger partial charge >= 0.3 is 0 Å². The zero-order chi connectivity index (χ0) is 25.1. The van der Waals surface area contributed by atoms with E-state index in [1.165, 1.54) is 12.1 Å². The van der Waals surface area contributed by atoms with E-state index >= 15 is 0 Å². The summed E-state index contributed by atoms with van der Waals surface area (Å²) in [6.07, 6.45) is 1.16. The topological polar surface area (TPSA) is 105 Å². The minimum Gasteiger partial charge on any atom is -0.492 e. The first kappa shape index (κ1) is 24.4. The Bertz CT molecular complexity index is 1250. The molecule has 1 aliphatic rings. The van der Waals surface area contributed by atoms with E-state index < -0.39 is 17.8 Å². The number of aromatic nitrogens is 2. The number of ether oxygens (including phenoxy) is 1. The van der Waals surface area contributed by atoms with Crippen molar-refractivity contribution in [3.63, 3.8) is 0 Å². The molecule has 1 saturated heterocycles. The highest BCUT2D eigenvalue weighted by atomic mass is 19.1. The molecule has 2 amide bonds. The van der Waals surface area contributed by atoms with Gasteiger partial charge in [-0.2, -0.15) is 0 Å². The van der Waals surface area contributed by atoms with Crippen molar-refractivity contribution in [2.75, 3.05) is 13.1 Å². The van der Waals surface area contributed by atoms with Crippen LogP contribution in [0.5, 0.6) is 11.6 Å². The molecule has 2 N–H and O–H groups in total. The van der Waals surface area contributed by atoms with Gasteiger partial charge in [-0.15, -0.1) is 0 Å². The Hall–Kier alpha value is -3.69. The van der Waals surface area contributed by atoms with Crippen LogP contribution in [-0.4, -0.2) is 64.9 Å². The molecular formula is C25H28BFN4O4. The summed E-state index contributed by atoms with van der Waals surface area (Å²) < 4.78 is 19.4. The van der Waals surface area contributed by atoms with Crippen molar-refractivity contribution in [1.82, 2.24) is 20.2 Å². The minimum atomic E-state index is -0.785. The fourth-order valence-electron chi connectivity index (χ4n) is 4.18. The van der Waals surface area contributed by atoms with Crippen LogP contribution in [-0.2, 0) is 4.79 Å². The number of nitrogens with one attached hydrogen (secondary N) is 1. The predicted octanol–water partition coefficient (Wildman–Crippen LogP) is 1.56. The molecule has 8 nitrogen and oxygen atoms in total. The third kappa shape index (κ3) is 5.53. The third-order valence-electron chi connectivity index (χ3n) is 6.17. The summed E-state index contributed by atoms with van der Waals surface area (Å²) >= 11 is 0. The number of hydrogen-bond donors (Lipinski definition) is 2. The summed E-state index contributed by atoms with van der Waals surface area (Å²) in [5.74, 6) is -1.18. The van der Waals surface area contributed by atoms with E-state index in [2.05, 4.69) is 15.3 Å². The van der Waals surface area contributed by atoms with E-state index in [1.807, 2.05) is 13.8 Å². The lowest BCUT2D eigenvalue weighted by Gasteiger charge is -2.35. The van der Waals surface area contributed by atoms with Crippen LogP contribution in [0.25, 0.3) is 11.0 Å². The average molecular weight is 478 g/mol. The monoisotopic (exact) mass is 478 g/mol. The van der Waals surface area contributed by atoms with Crippen LogP contribution in [0.3, 0.4) is 0 Å². The number of likely N-dealkylation sites (tertiary alicyclic amines) is 1. The number of rotatable bonds is 6. The number of piperidine rings is 1. The molecule has 0 bridgehead atoms. The zero-order valence-electron chi connectivity index (χ0n) is 20.0. The third-order valence-corrected chi connectivity index (χ3v) is 6.17. The number of para-hydroxylation sites is 2. The van der Waals surface area contributed by atoms with Crippen LogP contribution >= 0.6 is 0 Å². The SMILES string of the molecule is Bc1cc(F)ccc1OC1CCN(C(=O)[C@@H](NC(=O)c2nc3ccccc3nc2O)C(C)C)CC1. The molecule has 0 unspecified atom stereocenters. The minimum absolute atomic E-state index is 0.0832. The first-order valence-electron chi connectivity index (χ1n) is 11.7. The molecule has 10 heteroatoms. The van der Waals surface area contributed by atoms with Crippen LogP contribution in [0.1, 0.15) is 37.2 Å². The van der Waals surface area contributed by atoms with Gasteiger partial charge in [0.05, 0.1) is 11.0 Å². The van der Waals surface area contributed by atoms with Gasteiger partial charge in [-0.05, 0) is 41.7 Å². The number of amides is 2. The second kappa shape index (κ2) is 10.3. The van der Waals surface area contributed by atoms with E-state index in [4.69, 9.17) is 4.74 Å². The van der Waals surface area contributed by atoms with Gasteiger partial charge in [-0.25, -0.2) is 14.4 Å². The molecular weight excluding hydrogens is 450 g/mol. The molecule has 1 aliphatic heterocycles. The van der Waals surface area contributed by atoms with Crippen molar-refractivity contribution in [2.24, 2.45) is 5.92 Å². The van der Waals surface area contributed by atoms with E-state index in [0.29, 0.717) is 42.7 Å². The Morgan fingerprint density at radius 3 is 2.43 bits per heavy atom. The Balaban J connectivity index is 1.40. The average Bonchev–Trinajstić information content (AvgIpc) is 2.83. The fourth-order valence-corrected chi connectivity index (χ4v) is 4.18. The summed E-state index contributed by atoms with van der Waals surface area (Å²) in [5.41, 5.74) is 1.45. The molecule has 3 aromatic rings. The van der Waals surface area contributed by atoms with E-state index in [1.54, 1.807) is 43.1 Å². The van der Waals surface area contributed by atoms with Gasteiger partial charge in [0.1, 0.15) is 31.6 Å². The molecule has 0 spiro atoms. The number of halogens is 1. The van der Waals surface area contributed by atoms with Gasteiger partial charge in [-0.3, -0.25) is 9.59 Å². The lowest BCUT2D eigenvalue weighted by atomic mass is 9.94. The number of aromatic hydroxyl groups is 1. The Kier molecular flexibility index (Phi) is 7.19. The van der Waals surface area contributed by atoms with Gasteiger partial charge in [-0.1, -0.05) is 26.0 Å². The Labute approximate surface area is 203 Å². The second-order valence-electron chi connectivity index (χ2n) is 9.13. The number of carbonyl (C=O) groups excluding carboxylic acids is 2. The number of nitrogens with zero attached hydrogens (tertiary/aromatic N) is 3. The maximum absolute atomic E-state index is 13.3. The van der Waals surface area contributed by atoms with Crippen molar-refractivity contribution in [3.8, 4) is 11.6 Å². The summed E-state index contributed by atoms with van der Waals surface area (Å²) in [6.45, 7) is 4.65. The molecule has 182 valence electrons. The highest BCUT2D eigenvalue weighted by Crippen LogP contribution is 2.21. The number of carbonyl (C=O) groups is 2. The summed E-state index contributed by atoms with van der Waals surface area (Å²) in [6, 6.07) is 10.6. The van der Waals surface area contributed by atoms with Crippen LogP contribution in [0.2, 0.25) is 0 Å². The first-order chi connectivity index (χ1) is 16.7. The zero-order valence-corrected chi connectivity index (χ0v) is 20.0. The van der Waals surface area contributed by atoms with Gasteiger partial charge in [0.2, 0.25) is 11.8 Å². The molecule has 35 heavy (non-hydrogen) atoms. The molecule has 1 fully saturated rings. The Morgan fingerprint density at radius 1 is 1.14 bits per heavy atom. The second-order valence-corrected chi connectivity index (χ2v) is 9.13. The number of fused-ring (bicyclic) bond motifs is 1. The van der Waals surface area contributed by atoms with Gasteiger partial charge in [0.15, 0.2) is 5.69 Å². The largest absolute Gasteiger partial charge is 0.492 e. The smallest absolute Gasteiger partial charge is 0.276 e. The van der Waals surface area contributed by atoms with E-state index in [0.717, 1.165) is 5.46 Å². The van der Waals surface area contributed by atoms with Crippen molar-refractivity contribution in [2.45, 2.75) is 38.8 Å². The number of hydrogen-bond acceptors (Lipinski definition) is 6. The van der Waals surface area contributed by atoms with Gasteiger partial charge < -0.3 is 20.1 Å². The predicted molar refractivity (Wildman–Crippen MR) is 132 cm³/mol. The van der Waals surface area contributed by atoms with Crippen LogP contribution < -0.4 is 15.5 Å². The molecule has 1 aromatic heterocycles. The summed E-state index contributed by atoms with van der Waals surface area (Å²) in [4.78, 5) is 36.2. The normalized spacial score (nSPS) is 15.3. The maximum Gasteiger partial charge on any atom is 0.276 e. The molecule has 0 aliphatic carbocycles. The van der Waals surface area contributed by atoms with E-state index in [-0.39, 0.29) is 29.4 Å². The first-order valence-corrected chi connectivity index (χ1v) is 11.7. The van der Waals surface area contributed by atoms with Crippen LogP contribution in [0.15, 0.2) is 42.5 Å². The summed E-state index contributed by atoms with van der Waals surface area (Å²) in [7, 11) is 1.80. The van der Waals surface area contributed by atoms with E-state index in [9.17, 15) is 19.1 Å².